The predicted molar refractivity (Wildman–Crippen MR) is 63.7 cm³/mol. The molecular formula is C10H17NO6S. The zero-order valence-electron chi connectivity index (χ0n) is 10.5. The maximum absolute atomic E-state index is 11.6. The fourth-order valence-electron chi connectivity index (χ4n) is 1.54. The minimum atomic E-state index is -1.52. The van der Waals surface area contributed by atoms with Gasteiger partial charge in [0.05, 0.1) is 5.75 Å². The first-order chi connectivity index (χ1) is 8.12. The van der Waals surface area contributed by atoms with E-state index in [2.05, 4.69) is 10.1 Å². The van der Waals surface area contributed by atoms with Gasteiger partial charge in [0.2, 0.25) is 5.72 Å². The van der Waals surface area contributed by atoms with Crippen LogP contribution >= 0.6 is 0 Å². The van der Waals surface area contributed by atoms with Crippen LogP contribution in [0.5, 0.6) is 0 Å². The second-order valence-electron chi connectivity index (χ2n) is 5.03. The highest BCUT2D eigenvalue weighted by atomic mass is 32.2. The Bertz CT molecular complexity index is 377. The van der Waals surface area contributed by atoms with Gasteiger partial charge in [0, 0.05) is 23.0 Å². The van der Waals surface area contributed by atoms with Gasteiger partial charge < -0.3 is 14.6 Å². The van der Waals surface area contributed by atoms with Crippen molar-refractivity contribution in [3.05, 3.63) is 0 Å². The molecule has 104 valence electrons. The number of alkyl carbamates (subject to hydrolysis) is 1. The normalized spacial score (nSPS) is 27.6. The third kappa shape index (κ3) is 4.52. The lowest BCUT2D eigenvalue weighted by Crippen LogP contribution is -2.53. The van der Waals surface area contributed by atoms with Crippen molar-refractivity contribution in [2.24, 2.45) is 0 Å². The molecule has 1 heterocycles. The van der Waals surface area contributed by atoms with Gasteiger partial charge >= 0.3 is 12.2 Å². The van der Waals surface area contributed by atoms with Crippen LogP contribution in [-0.4, -0.2) is 44.4 Å². The highest BCUT2D eigenvalue weighted by molar-refractivity contribution is 7.85. The molecule has 0 aliphatic carbocycles. The number of rotatable bonds is 2. The number of hydrogen-bond donors (Lipinski definition) is 2. The minimum Gasteiger partial charge on any atom is -0.450 e. The molecule has 2 N–H and O–H groups in total. The van der Waals surface area contributed by atoms with Gasteiger partial charge in [0.1, 0.15) is 5.60 Å². The summed E-state index contributed by atoms with van der Waals surface area (Å²) >= 11 is 0. The van der Waals surface area contributed by atoms with Crippen LogP contribution in [-0.2, 0) is 20.3 Å². The number of carbonyl (C=O) groups excluding carboxylic acids is 1. The number of ether oxygens (including phenoxy) is 2. The summed E-state index contributed by atoms with van der Waals surface area (Å²) in [6, 6.07) is 0. The van der Waals surface area contributed by atoms with Crippen molar-refractivity contribution in [3.8, 4) is 0 Å². The van der Waals surface area contributed by atoms with Gasteiger partial charge in [-0.2, -0.15) is 0 Å². The van der Waals surface area contributed by atoms with Crippen LogP contribution in [0.4, 0.5) is 9.59 Å². The van der Waals surface area contributed by atoms with Gasteiger partial charge in [-0.1, -0.05) is 0 Å². The molecule has 0 bridgehead atoms. The first kappa shape index (κ1) is 14.7. The summed E-state index contributed by atoms with van der Waals surface area (Å²) in [6.45, 7) is 5.05. The van der Waals surface area contributed by atoms with Crippen molar-refractivity contribution in [3.63, 3.8) is 0 Å². The SMILES string of the molecule is CC(C)(C)OC(=O)NC1(OC(=O)O)CCS(=O)C1. The van der Waals surface area contributed by atoms with E-state index in [0.29, 0.717) is 0 Å². The molecule has 0 saturated carbocycles. The number of carbonyl (C=O) groups is 2. The zero-order valence-corrected chi connectivity index (χ0v) is 11.3. The summed E-state index contributed by atoms with van der Waals surface area (Å²) < 4.78 is 21.0. The molecule has 1 rings (SSSR count). The van der Waals surface area contributed by atoms with Gasteiger partial charge in [-0.25, -0.2) is 9.59 Å². The Kier molecular flexibility index (Phi) is 4.20. The Labute approximate surface area is 107 Å². The molecule has 7 nitrogen and oxygen atoms in total. The molecule has 1 fully saturated rings. The Morgan fingerprint density at radius 2 is 2.00 bits per heavy atom. The van der Waals surface area contributed by atoms with Crippen molar-refractivity contribution in [2.45, 2.75) is 38.5 Å². The monoisotopic (exact) mass is 279 g/mol. The molecule has 1 aliphatic rings. The topological polar surface area (TPSA) is 102 Å². The maximum atomic E-state index is 11.6. The van der Waals surface area contributed by atoms with E-state index in [1.165, 1.54) is 0 Å². The summed E-state index contributed by atoms with van der Waals surface area (Å²) in [5.74, 6) is 0.224. The fourth-order valence-corrected chi connectivity index (χ4v) is 3.04. The summed E-state index contributed by atoms with van der Waals surface area (Å²) in [5, 5.41) is 11.0. The van der Waals surface area contributed by atoms with Crippen LogP contribution in [0, 0.1) is 0 Å². The molecule has 1 aliphatic heterocycles. The van der Waals surface area contributed by atoms with Crippen molar-refractivity contribution >= 4 is 23.0 Å². The Morgan fingerprint density at radius 1 is 1.39 bits per heavy atom. The molecule has 1 amide bonds. The molecule has 1 saturated heterocycles. The number of nitrogens with one attached hydrogen (secondary N) is 1. The first-order valence-electron chi connectivity index (χ1n) is 5.40. The molecule has 0 spiro atoms. The fraction of sp³-hybridized carbons (Fsp3) is 0.800. The highest BCUT2D eigenvalue weighted by Gasteiger charge is 2.44. The van der Waals surface area contributed by atoms with Gasteiger partial charge in [-0.3, -0.25) is 9.53 Å². The van der Waals surface area contributed by atoms with Gasteiger partial charge in [-0.05, 0) is 20.8 Å². The van der Waals surface area contributed by atoms with E-state index in [0.717, 1.165) is 0 Å². The lowest BCUT2D eigenvalue weighted by atomic mass is 10.2. The van der Waals surface area contributed by atoms with Gasteiger partial charge in [0.15, 0.2) is 0 Å². The van der Waals surface area contributed by atoms with Crippen LogP contribution in [0.2, 0.25) is 0 Å². The lowest BCUT2D eigenvalue weighted by Gasteiger charge is -2.29. The average molecular weight is 279 g/mol. The van der Waals surface area contributed by atoms with E-state index < -0.39 is 34.4 Å². The summed E-state index contributed by atoms with van der Waals surface area (Å²) in [7, 11) is -1.21. The quantitative estimate of drug-likeness (QED) is 0.578. The number of amides is 1. The van der Waals surface area contributed by atoms with Gasteiger partial charge in [0.25, 0.3) is 0 Å². The van der Waals surface area contributed by atoms with Crippen molar-refractivity contribution in [1.29, 1.82) is 0 Å². The average Bonchev–Trinajstić information content (AvgIpc) is 2.41. The molecule has 18 heavy (non-hydrogen) atoms. The predicted octanol–water partition coefficient (Wildman–Crippen LogP) is 1.05. The number of hydrogen-bond acceptors (Lipinski definition) is 5. The molecule has 0 aromatic carbocycles. The molecular weight excluding hydrogens is 262 g/mol. The molecule has 2 unspecified atom stereocenters. The standard InChI is InChI=1S/C10H17NO6S/c1-9(2,3)16-7(12)11-10(17-8(13)14)4-5-18(15)6-10/h4-6H2,1-3H3,(H,11,12)(H,13,14). The van der Waals surface area contributed by atoms with E-state index in [9.17, 15) is 13.8 Å². The van der Waals surface area contributed by atoms with Crippen LogP contribution in [0.15, 0.2) is 0 Å². The van der Waals surface area contributed by atoms with Crippen LogP contribution in [0.25, 0.3) is 0 Å². The third-order valence-electron chi connectivity index (χ3n) is 2.14. The highest BCUT2D eigenvalue weighted by Crippen LogP contribution is 2.23. The van der Waals surface area contributed by atoms with E-state index in [1.807, 2.05) is 0 Å². The van der Waals surface area contributed by atoms with Crippen molar-refractivity contribution < 1.29 is 28.4 Å². The third-order valence-corrected chi connectivity index (χ3v) is 3.59. The maximum Gasteiger partial charge on any atom is 0.507 e. The van der Waals surface area contributed by atoms with E-state index in [4.69, 9.17) is 9.84 Å². The Balaban J connectivity index is 2.71. The second-order valence-corrected chi connectivity index (χ2v) is 6.60. The summed E-state index contributed by atoms with van der Waals surface area (Å²) in [5.41, 5.74) is -2.15. The largest absolute Gasteiger partial charge is 0.507 e. The minimum absolute atomic E-state index is 0.0570. The lowest BCUT2D eigenvalue weighted by molar-refractivity contribution is -0.0314. The van der Waals surface area contributed by atoms with E-state index in [1.54, 1.807) is 20.8 Å². The molecule has 8 heteroatoms. The molecule has 0 radical (unpaired) electrons. The van der Waals surface area contributed by atoms with Crippen molar-refractivity contribution in [1.82, 2.24) is 5.32 Å². The van der Waals surface area contributed by atoms with Gasteiger partial charge in [-0.15, -0.1) is 0 Å². The van der Waals surface area contributed by atoms with Crippen LogP contribution in [0.1, 0.15) is 27.2 Å². The van der Waals surface area contributed by atoms with E-state index in [-0.39, 0.29) is 17.9 Å². The Hall–Kier alpha value is -1.31. The number of carboxylic acid groups (broad SMARTS) is 1. The Morgan fingerprint density at radius 3 is 2.39 bits per heavy atom. The van der Waals surface area contributed by atoms with Crippen LogP contribution < -0.4 is 5.32 Å². The smallest absolute Gasteiger partial charge is 0.450 e. The molecule has 0 aromatic rings. The zero-order chi connectivity index (χ0) is 14.0. The summed E-state index contributed by atoms with van der Waals surface area (Å²) in [6.07, 6.45) is -2.14. The first-order valence-corrected chi connectivity index (χ1v) is 6.89. The second kappa shape index (κ2) is 5.13. The van der Waals surface area contributed by atoms with Crippen molar-refractivity contribution in [2.75, 3.05) is 11.5 Å². The summed E-state index contributed by atoms with van der Waals surface area (Å²) in [4.78, 5) is 22.2. The van der Waals surface area contributed by atoms with E-state index >= 15 is 0 Å². The molecule has 2 atom stereocenters. The molecule has 0 aromatic heterocycles. The van der Waals surface area contributed by atoms with Crippen LogP contribution in [0.3, 0.4) is 0 Å².